The van der Waals surface area contributed by atoms with Gasteiger partial charge in [-0.05, 0) is 6.07 Å². The first kappa shape index (κ1) is 14.2. The van der Waals surface area contributed by atoms with Crippen LogP contribution in [0.1, 0.15) is 10.4 Å². The number of carbonyl (C=O) groups is 1. The highest BCUT2D eigenvalue weighted by Gasteiger charge is 2.17. The molecule has 1 rings (SSSR count). The van der Waals surface area contributed by atoms with E-state index in [1.165, 1.54) is 19.4 Å². The first-order valence-electron chi connectivity index (χ1n) is 5.44. The number of aliphatic hydroxyl groups excluding tert-OH is 2. The molecule has 1 aromatic heterocycles. The van der Waals surface area contributed by atoms with Gasteiger partial charge in [0.15, 0.2) is 0 Å². The summed E-state index contributed by atoms with van der Waals surface area (Å²) >= 11 is 0. The van der Waals surface area contributed by atoms with Crippen molar-refractivity contribution in [1.82, 2.24) is 4.98 Å². The summed E-state index contributed by atoms with van der Waals surface area (Å²) < 4.78 is 4.66. The van der Waals surface area contributed by atoms with Gasteiger partial charge in [0.25, 0.3) is 0 Å². The average Bonchev–Trinajstić information content (AvgIpc) is 2.37. The molecule has 0 radical (unpaired) electrons. The van der Waals surface area contributed by atoms with Crippen LogP contribution in [0.4, 0.5) is 11.5 Å². The SMILES string of the molecule is COC(=O)c1cc(N)ncc1N(CCO)CCO. The third kappa shape index (κ3) is 3.31. The van der Waals surface area contributed by atoms with Gasteiger partial charge in [0.05, 0.1) is 37.8 Å². The lowest BCUT2D eigenvalue weighted by molar-refractivity contribution is 0.0601. The van der Waals surface area contributed by atoms with E-state index < -0.39 is 5.97 Å². The van der Waals surface area contributed by atoms with E-state index in [0.717, 1.165) is 0 Å². The highest BCUT2D eigenvalue weighted by molar-refractivity contribution is 5.96. The molecule has 0 saturated carbocycles. The third-order valence-electron chi connectivity index (χ3n) is 2.39. The number of nitrogens with zero attached hydrogens (tertiary/aromatic N) is 2. The highest BCUT2D eigenvalue weighted by atomic mass is 16.5. The molecule has 7 heteroatoms. The number of hydrogen-bond acceptors (Lipinski definition) is 7. The average molecular weight is 255 g/mol. The van der Waals surface area contributed by atoms with Gasteiger partial charge >= 0.3 is 5.97 Å². The molecule has 0 atom stereocenters. The molecule has 100 valence electrons. The van der Waals surface area contributed by atoms with Crippen LogP contribution in [0.5, 0.6) is 0 Å². The van der Waals surface area contributed by atoms with Crippen LogP contribution in [-0.4, -0.2) is 54.6 Å². The number of carbonyl (C=O) groups excluding carboxylic acids is 1. The predicted octanol–water partition coefficient (Wildman–Crippen LogP) is -0.759. The molecule has 0 aliphatic heterocycles. The van der Waals surface area contributed by atoms with E-state index >= 15 is 0 Å². The van der Waals surface area contributed by atoms with Gasteiger partial charge in [0.2, 0.25) is 0 Å². The number of methoxy groups -OCH3 is 1. The van der Waals surface area contributed by atoms with Crippen LogP contribution in [-0.2, 0) is 4.74 Å². The van der Waals surface area contributed by atoms with Crippen LogP contribution >= 0.6 is 0 Å². The molecule has 0 fully saturated rings. The van der Waals surface area contributed by atoms with Crippen molar-refractivity contribution in [1.29, 1.82) is 0 Å². The zero-order valence-electron chi connectivity index (χ0n) is 10.2. The summed E-state index contributed by atoms with van der Waals surface area (Å²) in [7, 11) is 1.27. The zero-order chi connectivity index (χ0) is 13.5. The Morgan fingerprint density at radius 3 is 2.56 bits per heavy atom. The summed E-state index contributed by atoms with van der Waals surface area (Å²) in [6, 6.07) is 1.41. The number of esters is 1. The molecule has 0 spiro atoms. The Balaban J connectivity index is 3.15. The van der Waals surface area contributed by atoms with Crippen molar-refractivity contribution in [3.05, 3.63) is 17.8 Å². The molecule has 1 heterocycles. The van der Waals surface area contributed by atoms with Crippen LogP contribution in [0.3, 0.4) is 0 Å². The number of hydrogen-bond donors (Lipinski definition) is 3. The Bertz CT molecular complexity index is 405. The molecule has 0 saturated heterocycles. The normalized spacial score (nSPS) is 10.2. The van der Waals surface area contributed by atoms with E-state index in [2.05, 4.69) is 9.72 Å². The molecule has 4 N–H and O–H groups in total. The lowest BCUT2D eigenvalue weighted by atomic mass is 10.2. The van der Waals surface area contributed by atoms with Gasteiger partial charge in [0, 0.05) is 13.1 Å². The topological polar surface area (TPSA) is 109 Å². The second kappa shape index (κ2) is 6.77. The summed E-state index contributed by atoms with van der Waals surface area (Å²) in [6.07, 6.45) is 1.42. The van der Waals surface area contributed by atoms with Crippen molar-refractivity contribution >= 4 is 17.5 Å². The standard InChI is InChI=1S/C11H17N3O4/c1-18-11(17)8-6-10(12)13-7-9(8)14(2-4-15)3-5-16/h6-7,15-16H,2-5H2,1H3,(H2,12,13). The quantitative estimate of drug-likeness (QED) is 0.573. The second-order valence-electron chi connectivity index (χ2n) is 3.55. The van der Waals surface area contributed by atoms with Gasteiger partial charge in [0.1, 0.15) is 5.82 Å². The molecular formula is C11H17N3O4. The smallest absolute Gasteiger partial charge is 0.340 e. The van der Waals surface area contributed by atoms with E-state index in [-0.39, 0.29) is 37.7 Å². The maximum Gasteiger partial charge on any atom is 0.340 e. The molecule has 0 unspecified atom stereocenters. The number of aromatic nitrogens is 1. The molecule has 0 bridgehead atoms. The summed E-state index contributed by atoms with van der Waals surface area (Å²) in [6.45, 7) is 0.336. The van der Waals surface area contributed by atoms with Crippen LogP contribution in [0.2, 0.25) is 0 Å². The number of pyridine rings is 1. The van der Waals surface area contributed by atoms with Gasteiger partial charge < -0.3 is 25.6 Å². The van der Waals surface area contributed by atoms with E-state index in [1.54, 1.807) is 4.90 Å². The summed E-state index contributed by atoms with van der Waals surface area (Å²) in [4.78, 5) is 17.2. The minimum atomic E-state index is -0.542. The fourth-order valence-corrected chi connectivity index (χ4v) is 1.58. The second-order valence-corrected chi connectivity index (χ2v) is 3.55. The van der Waals surface area contributed by atoms with Crippen molar-refractivity contribution in [2.75, 3.05) is 44.0 Å². The Labute approximate surface area is 105 Å². The van der Waals surface area contributed by atoms with Crippen molar-refractivity contribution in [3.8, 4) is 0 Å². The Kier molecular flexibility index (Phi) is 5.34. The lowest BCUT2D eigenvalue weighted by Gasteiger charge is -2.24. The third-order valence-corrected chi connectivity index (χ3v) is 2.39. The van der Waals surface area contributed by atoms with Gasteiger partial charge in [-0.25, -0.2) is 9.78 Å². The molecule has 0 aliphatic carbocycles. The zero-order valence-corrected chi connectivity index (χ0v) is 10.2. The number of ether oxygens (including phenoxy) is 1. The first-order chi connectivity index (χ1) is 8.63. The van der Waals surface area contributed by atoms with Gasteiger partial charge in [-0.15, -0.1) is 0 Å². The minimum absolute atomic E-state index is 0.106. The van der Waals surface area contributed by atoms with E-state index in [9.17, 15) is 4.79 Å². The first-order valence-corrected chi connectivity index (χ1v) is 5.44. The van der Waals surface area contributed by atoms with E-state index in [1.807, 2.05) is 0 Å². The van der Waals surface area contributed by atoms with E-state index in [0.29, 0.717) is 5.69 Å². The number of aliphatic hydroxyl groups is 2. The summed E-state index contributed by atoms with van der Waals surface area (Å²) in [5.41, 5.74) is 6.26. The Morgan fingerprint density at radius 1 is 1.44 bits per heavy atom. The van der Waals surface area contributed by atoms with Gasteiger partial charge in [-0.2, -0.15) is 0 Å². The van der Waals surface area contributed by atoms with Gasteiger partial charge in [-0.3, -0.25) is 0 Å². The lowest BCUT2D eigenvalue weighted by Crippen LogP contribution is -2.31. The highest BCUT2D eigenvalue weighted by Crippen LogP contribution is 2.21. The molecule has 18 heavy (non-hydrogen) atoms. The van der Waals surface area contributed by atoms with Gasteiger partial charge in [-0.1, -0.05) is 0 Å². The number of nitrogen functional groups attached to an aromatic ring is 1. The fourth-order valence-electron chi connectivity index (χ4n) is 1.58. The molecular weight excluding hydrogens is 238 g/mol. The largest absolute Gasteiger partial charge is 0.465 e. The van der Waals surface area contributed by atoms with Crippen LogP contribution in [0, 0.1) is 0 Å². The number of nitrogens with two attached hydrogens (primary N) is 1. The van der Waals surface area contributed by atoms with Crippen LogP contribution < -0.4 is 10.6 Å². The maximum absolute atomic E-state index is 11.6. The van der Waals surface area contributed by atoms with Crippen molar-refractivity contribution < 1.29 is 19.7 Å². The minimum Gasteiger partial charge on any atom is -0.465 e. The fraction of sp³-hybridized carbons (Fsp3) is 0.455. The van der Waals surface area contributed by atoms with E-state index in [4.69, 9.17) is 15.9 Å². The molecule has 7 nitrogen and oxygen atoms in total. The molecule has 0 aromatic carbocycles. The van der Waals surface area contributed by atoms with Crippen molar-refractivity contribution in [3.63, 3.8) is 0 Å². The van der Waals surface area contributed by atoms with Crippen LogP contribution in [0.25, 0.3) is 0 Å². The number of anilines is 2. The van der Waals surface area contributed by atoms with Crippen molar-refractivity contribution in [2.24, 2.45) is 0 Å². The summed E-state index contributed by atoms with van der Waals surface area (Å²) in [5, 5.41) is 18.0. The Hall–Kier alpha value is -1.86. The van der Waals surface area contributed by atoms with Crippen molar-refractivity contribution in [2.45, 2.75) is 0 Å². The number of rotatable bonds is 6. The van der Waals surface area contributed by atoms with Crippen LogP contribution in [0.15, 0.2) is 12.3 Å². The molecule has 0 aliphatic rings. The Morgan fingerprint density at radius 2 is 2.06 bits per heavy atom. The molecule has 0 amide bonds. The maximum atomic E-state index is 11.6. The summed E-state index contributed by atoms with van der Waals surface area (Å²) in [5.74, 6) is -0.341. The monoisotopic (exact) mass is 255 g/mol. The predicted molar refractivity (Wildman–Crippen MR) is 66.4 cm³/mol. The molecule has 1 aromatic rings.